The van der Waals surface area contributed by atoms with E-state index in [1.165, 1.54) is 4.88 Å². The number of nitrogens with zero attached hydrogens (tertiary/aromatic N) is 2. The van der Waals surface area contributed by atoms with Gasteiger partial charge in [-0.3, -0.25) is 0 Å². The Morgan fingerprint density at radius 1 is 1.25 bits per heavy atom. The molecule has 108 valence electrons. The molecule has 2 aromatic heterocycles. The van der Waals surface area contributed by atoms with Gasteiger partial charge in [0.1, 0.15) is 5.82 Å². The highest BCUT2D eigenvalue weighted by Crippen LogP contribution is 2.13. The van der Waals surface area contributed by atoms with Gasteiger partial charge in [0.05, 0.1) is 5.69 Å². The molecule has 3 nitrogen and oxygen atoms in total. The number of pyridine rings is 1. The van der Waals surface area contributed by atoms with Crippen LogP contribution in [0.5, 0.6) is 0 Å². The molecule has 0 amide bonds. The monoisotopic (exact) mass is 289 g/mol. The van der Waals surface area contributed by atoms with E-state index in [9.17, 15) is 0 Å². The topological polar surface area (TPSA) is 28.2 Å². The first-order valence-corrected chi connectivity index (χ1v) is 8.07. The van der Waals surface area contributed by atoms with Crippen LogP contribution < -0.4 is 10.2 Å². The van der Waals surface area contributed by atoms with Crippen LogP contribution in [-0.4, -0.2) is 25.1 Å². The molecule has 0 aliphatic carbocycles. The Labute approximate surface area is 125 Å². The van der Waals surface area contributed by atoms with Gasteiger partial charge >= 0.3 is 0 Å². The Hall–Kier alpha value is -1.39. The molecule has 4 heteroatoms. The number of nitrogens with one attached hydrogen (secondary N) is 1. The van der Waals surface area contributed by atoms with E-state index in [1.54, 1.807) is 0 Å². The maximum absolute atomic E-state index is 4.71. The van der Waals surface area contributed by atoms with Crippen LogP contribution in [0, 0.1) is 0 Å². The zero-order valence-electron chi connectivity index (χ0n) is 12.3. The Kier molecular flexibility index (Phi) is 6.02. The first-order valence-electron chi connectivity index (χ1n) is 7.19. The van der Waals surface area contributed by atoms with Gasteiger partial charge in [0.25, 0.3) is 0 Å². The molecule has 0 spiro atoms. The average molecular weight is 289 g/mol. The summed E-state index contributed by atoms with van der Waals surface area (Å²) >= 11 is 1.82. The molecule has 2 heterocycles. The fraction of sp³-hybridized carbons (Fsp3) is 0.438. The Morgan fingerprint density at radius 2 is 2.15 bits per heavy atom. The van der Waals surface area contributed by atoms with Crippen LogP contribution in [-0.2, 0) is 13.0 Å². The van der Waals surface area contributed by atoms with Gasteiger partial charge in [-0.1, -0.05) is 19.1 Å². The van der Waals surface area contributed by atoms with Crippen molar-refractivity contribution in [2.45, 2.75) is 26.3 Å². The lowest BCUT2D eigenvalue weighted by Crippen LogP contribution is -2.22. The molecule has 0 bridgehead atoms. The number of likely N-dealkylation sites (N-methyl/N-ethyl adjacent to an activating group) is 1. The lowest BCUT2D eigenvalue weighted by atomic mass is 10.3. The summed E-state index contributed by atoms with van der Waals surface area (Å²) in [6.07, 6.45) is 2.23. The van der Waals surface area contributed by atoms with Gasteiger partial charge in [-0.25, -0.2) is 4.98 Å². The number of rotatable bonds is 8. The van der Waals surface area contributed by atoms with Gasteiger partial charge in [0, 0.05) is 25.0 Å². The number of hydrogen-bond acceptors (Lipinski definition) is 4. The van der Waals surface area contributed by atoms with Gasteiger partial charge in [0.15, 0.2) is 0 Å². The number of aromatic nitrogens is 1. The molecule has 1 N–H and O–H groups in total. The van der Waals surface area contributed by atoms with E-state index in [4.69, 9.17) is 4.98 Å². The highest BCUT2D eigenvalue weighted by atomic mass is 32.1. The van der Waals surface area contributed by atoms with Crippen molar-refractivity contribution in [2.75, 3.05) is 25.0 Å². The predicted octanol–water partition coefficient (Wildman–Crippen LogP) is 3.32. The zero-order chi connectivity index (χ0) is 14.2. The van der Waals surface area contributed by atoms with Crippen molar-refractivity contribution in [3.63, 3.8) is 0 Å². The predicted molar refractivity (Wildman–Crippen MR) is 87.5 cm³/mol. The molecule has 0 fully saturated rings. The summed E-state index contributed by atoms with van der Waals surface area (Å²) in [7, 11) is 2.11. The first-order chi connectivity index (χ1) is 9.79. The summed E-state index contributed by atoms with van der Waals surface area (Å²) in [5.41, 5.74) is 1.11. The zero-order valence-corrected chi connectivity index (χ0v) is 13.1. The molecule has 2 rings (SSSR count). The summed E-state index contributed by atoms with van der Waals surface area (Å²) in [5, 5.41) is 5.53. The lowest BCUT2D eigenvalue weighted by Gasteiger charge is -2.18. The van der Waals surface area contributed by atoms with Crippen molar-refractivity contribution in [1.29, 1.82) is 0 Å². The van der Waals surface area contributed by atoms with Crippen LogP contribution >= 0.6 is 11.3 Å². The van der Waals surface area contributed by atoms with E-state index in [-0.39, 0.29) is 0 Å². The molecule has 0 aliphatic rings. The Bertz CT molecular complexity index is 496. The third-order valence-corrected chi connectivity index (χ3v) is 4.13. The van der Waals surface area contributed by atoms with Gasteiger partial charge in [-0.2, -0.15) is 0 Å². The minimum atomic E-state index is 0.848. The van der Waals surface area contributed by atoms with E-state index in [0.29, 0.717) is 0 Å². The standard InChI is InChI=1S/C16H23N3S/c1-3-10-17-13-14-6-4-8-16(18-14)19(2)11-9-15-7-5-12-20-15/h4-8,12,17H,3,9-11,13H2,1-2H3. The number of thiophene rings is 1. The van der Waals surface area contributed by atoms with Crippen molar-refractivity contribution in [3.05, 3.63) is 46.3 Å². The van der Waals surface area contributed by atoms with E-state index in [0.717, 1.165) is 44.0 Å². The van der Waals surface area contributed by atoms with Crippen molar-refractivity contribution in [3.8, 4) is 0 Å². The second-order valence-corrected chi connectivity index (χ2v) is 5.95. The molecule has 0 saturated carbocycles. The highest BCUT2D eigenvalue weighted by molar-refractivity contribution is 7.09. The van der Waals surface area contributed by atoms with Crippen LogP contribution in [0.3, 0.4) is 0 Å². The van der Waals surface area contributed by atoms with Crippen molar-refractivity contribution in [2.24, 2.45) is 0 Å². The molecule has 2 aromatic rings. The molecular formula is C16H23N3S. The van der Waals surface area contributed by atoms with Crippen LogP contribution in [0.15, 0.2) is 35.7 Å². The Balaban J connectivity index is 1.88. The van der Waals surface area contributed by atoms with Crippen molar-refractivity contribution >= 4 is 17.2 Å². The molecule has 0 aliphatic heterocycles. The molecule has 0 atom stereocenters. The fourth-order valence-electron chi connectivity index (χ4n) is 2.02. The first kappa shape index (κ1) is 15.0. The number of anilines is 1. The normalized spacial score (nSPS) is 10.7. The molecular weight excluding hydrogens is 266 g/mol. The molecule has 20 heavy (non-hydrogen) atoms. The third-order valence-electron chi connectivity index (χ3n) is 3.19. The van der Waals surface area contributed by atoms with Crippen LogP contribution in [0.1, 0.15) is 23.9 Å². The molecule has 0 unspecified atom stereocenters. The van der Waals surface area contributed by atoms with E-state index >= 15 is 0 Å². The van der Waals surface area contributed by atoms with E-state index < -0.39 is 0 Å². The minimum Gasteiger partial charge on any atom is -0.359 e. The molecule has 0 aromatic carbocycles. The van der Waals surface area contributed by atoms with Crippen LogP contribution in [0.25, 0.3) is 0 Å². The average Bonchev–Trinajstić information content (AvgIpc) is 2.99. The maximum Gasteiger partial charge on any atom is 0.128 e. The van der Waals surface area contributed by atoms with Crippen molar-refractivity contribution in [1.82, 2.24) is 10.3 Å². The lowest BCUT2D eigenvalue weighted by molar-refractivity contribution is 0.663. The second kappa shape index (κ2) is 8.02. The fourth-order valence-corrected chi connectivity index (χ4v) is 2.72. The second-order valence-electron chi connectivity index (χ2n) is 4.91. The van der Waals surface area contributed by atoms with Crippen molar-refractivity contribution < 1.29 is 0 Å². The molecule has 0 radical (unpaired) electrons. The SMILES string of the molecule is CCCNCc1cccc(N(C)CCc2cccs2)n1. The highest BCUT2D eigenvalue weighted by Gasteiger charge is 2.04. The van der Waals surface area contributed by atoms with Gasteiger partial charge in [-0.05, 0) is 43.0 Å². The largest absolute Gasteiger partial charge is 0.359 e. The smallest absolute Gasteiger partial charge is 0.128 e. The minimum absolute atomic E-state index is 0.848. The quantitative estimate of drug-likeness (QED) is 0.756. The van der Waals surface area contributed by atoms with Gasteiger partial charge in [0.2, 0.25) is 0 Å². The third kappa shape index (κ3) is 4.62. The van der Waals surface area contributed by atoms with E-state index in [1.807, 2.05) is 11.3 Å². The summed E-state index contributed by atoms with van der Waals surface area (Å²) in [4.78, 5) is 8.36. The number of hydrogen-bond donors (Lipinski definition) is 1. The summed E-state index contributed by atoms with van der Waals surface area (Å²) in [5.74, 6) is 1.05. The summed E-state index contributed by atoms with van der Waals surface area (Å²) < 4.78 is 0. The Morgan fingerprint density at radius 3 is 2.90 bits per heavy atom. The van der Waals surface area contributed by atoms with Gasteiger partial charge in [-0.15, -0.1) is 11.3 Å². The van der Waals surface area contributed by atoms with Crippen LogP contribution in [0.4, 0.5) is 5.82 Å². The summed E-state index contributed by atoms with van der Waals surface area (Å²) in [6.45, 7) is 5.06. The van der Waals surface area contributed by atoms with Crippen LogP contribution in [0.2, 0.25) is 0 Å². The van der Waals surface area contributed by atoms with E-state index in [2.05, 4.69) is 59.9 Å². The summed E-state index contributed by atoms with van der Waals surface area (Å²) in [6, 6.07) is 10.6. The van der Waals surface area contributed by atoms with Gasteiger partial charge < -0.3 is 10.2 Å². The maximum atomic E-state index is 4.71. The molecule has 0 saturated heterocycles.